The molecule has 0 saturated heterocycles. The van der Waals surface area contributed by atoms with E-state index >= 15 is 0 Å². The molecule has 0 unspecified atom stereocenters. The van der Waals surface area contributed by atoms with Gasteiger partial charge in [0.15, 0.2) is 5.82 Å². The van der Waals surface area contributed by atoms with E-state index in [0.29, 0.717) is 11.5 Å². The quantitative estimate of drug-likeness (QED) is 0.565. The number of rotatable bonds is 5. The van der Waals surface area contributed by atoms with Gasteiger partial charge in [0.25, 0.3) is 0 Å². The van der Waals surface area contributed by atoms with Crippen molar-refractivity contribution in [3.63, 3.8) is 0 Å². The second kappa shape index (κ2) is 5.55. The van der Waals surface area contributed by atoms with Gasteiger partial charge in [-0.1, -0.05) is 0 Å². The fraction of sp³-hybridized carbons (Fsp3) is 0.444. The predicted molar refractivity (Wildman–Crippen MR) is 64.7 cm³/mol. The molecule has 1 aromatic rings. The average Bonchev–Trinajstić information content (AvgIpc) is 2.25. The van der Waals surface area contributed by atoms with E-state index < -0.39 is 0 Å². The van der Waals surface area contributed by atoms with Gasteiger partial charge in [-0.15, -0.1) is 0 Å². The van der Waals surface area contributed by atoms with Crippen molar-refractivity contribution in [1.29, 1.82) is 5.41 Å². The molecule has 6 heteroatoms. The first-order chi connectivity index (χ1) is 7.16. The highest BCUT2D eigenvalue weighted by Gasteiger charge is 2.11. The molecule has 0 aliphatic rings. The molecule has 0 aliphatic heterocycles. The second-order valence-corrected chi connectivity index (χ2v) is 4.04. The molecule has 15 heavy (non-hydrogen) atoms. The number of nitrogens with two attached hydrogens (primary N) is 1. The van der Waals surface area contributed by atoms with Crippen molar-refractivity contribution >= 4 is 23.4 Å². The molecule has 0 spiro atoms. The van der Waals surface area contributed by atoms with Crippen LogP contribution in [0.25, 0.3) is 0 Å². The first-order valence-corrected chi connectivity index (χ1v) is 5.91. The molecule has 0 amide bonds. The zero-order chi connectivity index (χ0) is 11.3. The van der Waals surface area contributed by atoms with Crippen LogP contribution in [0, 0.1) is 5.41 Å². The smallest absolute Gasteiger partial charge is 0.158 e. The van der Waals surface area contributed by atoms with Crippen LogP contribution in [0.4, 0.5) is 5.82 Å². The Hall–Kier alpha value is -1.30. The van der Waals surface area contributed by atoms with Gasteiger partial charge in [-0.05, 0) is 6.26 Å². The number of amidine groups is 1. The van der Waals surface area contributed by atoms with Crippen molar-refractivity contribution in [1.82, 2.24) is 9.97 Å². The lowest BCUT2D eigenvalue weighted by atomic mass is 10.3. The summed E-state index contributed by atoms with van der Waals surface area (Å²) in [6.07, 6.45) is 5.20. The van der Waals surface area contributed by atoms with Crippen LogP contribution in [0.1, 0.15) is 5.69 Å². The summed E-state index contributed by atoms with van der Waals surface area (Å²) >= 11 is 1.76. The highest BCUT2D eigenvalue weighted by Crippen LogP contribution is 2.12. The molecule has 0 radical (unpaired) electrons. The Morgan fingerprint density at radius 1 is 1.53 bits per heavy atom. The normalized spacial score (nSPS) is 10.0. The van der Waals surface area contributed by atoms with Gasteiger partial charge in [0.2, 0.25) is 0 Å². The zero-order valence-electron chi connectivity index (χ0n) is 8.90. The average molecular weight is 225 g/mol. The van der Waals surface area contributed by atoms with Crippen molar-refractivity contribution in [2.24, 2.45) is 5.73 Å². The highest BCUT2D eigenvalue weighted by molar-refractivity contribution is 7.98. The number of hydrogen-bond acceptors (Lipinski definition) is 5. The summed E-state index contributed by atoms with van der Waals surface area (Å²) in [6.45, 7) is 0.861. The molecule has 5 nitrogen and oxygen atoms in total. The van der Waals surface area contributed by atoms with Gasteiger partial charge in [0.05, 0.1) is 0 Å². The van der Waals surface area contributed by atoms with Crippen LogP contribution in [-0.4, -0.2) is 41.4 Å². The zero-order valence-corrected chi connectivity index (χ0v) is 9.71. The Labute approximate surface area is 93.6 Å². The van der Waals surface area contributed by atoms with E-state index in [1.54, 1.807) is 24.2 Å². The first-order valence-electron chi connectivity index (χ1n) is 4.52. The molecule has 0 aliphatic carbocycles. The third kappa shape index (κ3) is 3.09. The van der Waals surface area contributed by atoms with Crippen LogP contribution in [0.15, 0.2) is 12.4 Å². The molecule has 3 N–H and O–H groups in total. The number of thioether (sulfide) groups is 1. The van der Waals surface area contributed by atoms with E-state index in [9.17, 15) is 0 Å². The lowest BCUT2D eigenvalue weighted by Crippen LogP contribution is -2.26. The molecule has 0 saturated carbocycles. The minimum absolute atomic E-state index is 0.0471. The maximum absolute atomic E-state index is 7.39. The molecule has 1 rings (SSSR count). The van der Waals surface area contributed by atoms with E-state index in [2.05, 4.69) is 16.2 Å². The molecule has 0 aromatic carbocycles. The topological polar surface area (TPSA) is 78.9 Å². The van der Waals surface area contributed by atoms with Crippen molar-refractivity contribution < 1.29 is 0 Å². The minimum Gasteiger partial charge on any atom is -0.382 e. The molecule has 0 fully saturated rings. The van der Waals surface area contributed by atoms with Crippen LogP contribution in [0.3, 0.4) is 0 Å². The van der Waals surface area contributed by atoms with Crippen molar-refractivity contribution in [2.45, 2.75) is 0 Å². The summed E-state index contributed by atoms with van der Waals surface area (Å²) < 4.78 is 0. The molecule has 1 heterocycles. The van der Waals surface area contributed by atoms with E-state index in [1.165, 1.54) is 0 Å². The van der Waals surface area contributed by atoms with Gasteiger partial charge in [-0.3, -0.25) is 5.41 Å². The number of hydrogen-bond donors (Lipinski definition) is 2. The Bertz CT molecular complexity index is 341. The number of anilines is 1. The van der Waals surface area contributed by atoms with Crippen molar-refractivity contribution in [3.8, 4) is 0 Å². The van der Waals surface area contributed by atoms with Crippen LogP contribution >= 0.6 is 11.8 Å². The Morgan fingerprint density at radius 3 is 2.80 bits per heavy atom. The largest absolute Gasteiger partial charge is 0.382 e. The highest BCUT2D eigenvalue weighted by atomic mass is 32.2. The van der Waals surface area contributed by atoms with Gasteiger partial charge in [0.1, 0.15) is 11.5 Å². The Balaban J connectivity index is 2.87. The monoisotopic (exact) mass is 225 g/mol. The maximum Gasteiger partial charge on any atom is 0.158 e. The van der Waals surface area contributed by atoms with Crippen LogP contribution in [-0.2, 0) is 0 Å². The molecule has 1 aromatic heterocycles. The Kier molecular flexibility index (Phi) is 4.36. The van der Waals surface area contributed by atoms with E-state index in [1.807, 2.05) is 11.9 Å². The third-order valence-electron chi connectivity index (χ3n) is 1.93. The van der Waals surface area contributed by atoms with Crippen LogP contribution in [0.2, 0.25) is 0 Å². The van der Waals surface area contributed by atoms with E-state index in [4.69, 9.17) is 11.1 Å². The van der Waals surface area contributed by atoms with Gasteiger partial charge < -0.3 is 10.6 Å². The van der Waals surface area contributed by atoms with Crippen LogP contribution < -0.4 is 10.6 Å². The fourth-order valence-corrected chi connectivity index (χ4v) is 1.59. The van der Waals surface area contributed by atoms with Crippen LogP contribution in [0.5, 0.6) is 0 Å². The predicted octanol–water partition coefficient (Wildman–Crippen LogP) is 0.560. The summed E-state index contributed by atoms with van der Waals surface area (Å²) in [5.74, 6) is 1.62. The first kappa shape index (κ1) is 11.8. The molecule has 0 atom stereocenters. The second-order valence-electron chi connectivity index (χ2n) is 3.06. The summed E-state index contributed by atoms with van der Waals surface area (Å²) in [7, 11) is 1.92. The number of nitrogens with zero attached hydrogens (tertiary/aromatic N) is 3. The van der Waals surface area contributed by atoms with Gasteiger partial charge in [0, 0.05) is 31.7 Å². The van der Waals surface area contributed by atoms with Gasteiger partial charge in [-0.25, -0.2) is 9.97 Å². The lowest BCUT2D eigenvalue weighted by Gasteiger charge is -2.19. The SMILES string of the molecule is CSCCN(C)c1nccnc1C(=N)N. The number of aromatic nitrogens is 2. The summed E-state index contributed by atoms with van der Waals surface area (Å²) in [5.41, 5.74) is 5.88. The number of nitrogens with one attached hydrogen (secondary N) is 1. The summed E-state index contributed by atoms with van der Waals surface area (Å²) in [4.78, 5) is 10.2. The lowest BCUT2D eigenvalue weighted by molar-refractivity contribution is 0.930. The maximum atomic E-state index is 7.39. The summed E-state index contributed by atoms with van der Waals surface area (Å²) in [6, 6.07) is 0. The van der Waals surface area contributed by atoms with Gasteiger partial charge in [-0.2, -0.15) is 11.8 Å². The third-order valence-corrected chi connectivity index (χ3v) is 2.52. The van der Waals surface area contributed by atoms with Crippen molar-refractivity contribution in [2.75, 3.05) is 30.5 Å². The summed E-state index contributed by atoms with van der Waals surface area (Å²) in [5, 5.41) is 7.39. The van der Waals surface area contributed by atoms with E-state index in [-0.39, 0.29) is 5.84 Å². The standard InChI is InChI=1S/C9H15N5S/c1-14(5-6-15-2)9-7(8(10)11)12-3-4-13-9/h3-4H,5-6H2,1-2H3,(H3,10,11). The van der Waals surface area contributed by atoms with Crippen molar-refractivity contribution in [3.05, 3.63) is 18.1 Å². The minimum atomic E-state index is -0.0471. The molecule has 82 valence electrons. The Morgan fingerprint density at radius 2 is 2.20 bits per heavy atom. The molecule has 0 bridgehead atoms. The molecular formula is C9H15N5S. The number of nitrogen functional groups attached to an aromatic ring is 1. The fourth-order valence-electron chi connectivity index (χ4n) is 1.13. The molecular weight excluding hydrogens is 210 g/mol. The van der Waals surface area contributed by atoms with E-state index in [0.717, 1.165) is 12.3 Å². The van der Waals surface area contributed by atoms with Gasteiger partial charge >= 0.3 is 0 Å².